The highest BCUT2D eigenvalue weighted by atomic mass is 35.5. The van der Waals surface area contributed by atoms with Crippen molar-refractivity contribution < 1.29 is 14.3 Å². The van der Waals surface area contributed by atoms with E-state index < -0.39 is 0 Å². The van der Waals surface area contributed by atoms with Crippen LogP contribution in [0.4, 0.5) is 0 Å². The van der Waals surface area contributed by atoms with Crippen LogP contribution in [0.2, 0.25) is 5.02 Å². The van der Waals surface area contributed by atoms with Crippen molar-refractivity contribution in [2.45, 2.75) is 32.4 Å². The van der Waals surface area contributed by atoms with Gasteiger partial charge in [-0.25, -0.2) is 0 Å². The SMILES string of the molecule is O=C(Cc1cn2c(CCCN3CCOCC3)cc3cc(CN4CCOCC4)cc(c1=O)c32)NCc1ccc(Cl)cc1. The highest BCUT2D eigenvalue weighted by molar-refractivity contribution is 6.30. The summed E-state index contributed by atoms with van der Waals surface area (Å²) in [4.78, 5) is 31.6. The molecule has 0 spiro atoms. The van der Waals surface area contributed by atoms with Crippen molar-refractivity contribution in [1.82, 2.24) is 19.5 Å². The lowest BCUT2D eigenvalue weighted by molar-refractivity contribution is -0.120. The molecule has 2 aromatic heterocycles. The molecule has 2 aliphatic heterocycles. The second-order valence-electron chi connectivity index (χ2n) is 11.1. The topological polar surface area (TPSA) is 75.5 Å². The molecule has 6 rings (SSSR count). The largest absolute Gasteiger partial charge is 0.379 e. The van der Waals surface area contributed by atoms with Crippen molar-refractivity contribution in [3.05, 3.63) is 86.3 Å². The fraction of sp³-hybridized carbons (Fsp3) is 0.438. The maximum Gasteiger partial charge on any atom is 0.224 e. The Kier molecular flexibility index (Phi) is 8.84. The van der Waals surface area contributed by atoms with Crippen LogP contribution in [0, 0.1) is 0 Å². The molecule has 8 nitrogen and oxygen atoms in total. The quantitative estimate of drug-likeness (QED) is 0.311. The molecule has 4 aromatic rings. The van der Waals surface area contributed by atoms with Gasteiger partial charge in [-0.15, -0.1) is 0 Å². The van der Waals surface area contributed by atoms with E-state index in [-0.39, 0.29) is 17.8 Å². The average molecular weight is 577 g/mol. The molecule has 1 amide bonds. The number of amides is 1. The maximum absolute atomic E-state index is 13.8. The molecule has 2 aromatic carbocycles. The third kappa shape index (κ3) is 6.74. The van der Waals surface area contributed by atoms with E-state index in [1.807, 2.05) is 24.4 Å². The first-order valence-corrected chi connectivity index (χ1v) is 14.9. The molecule has 41 heavy (non-hydrogen) atoms. The monoisotopic (exact) mass is 576 g/mol. The van der Waals surface area contributed by atoms with Crippen LogP contribution in [0.25, 0.3) is 16.3 Å². The Morgan fingerprint density at radius 1 is 0.902 bits per heavy atom. The first-order valence-electron chi connectivity index (χ1n) is 14.6. The number of aryl methyl sites for hydroxylation is 1. The van der Waals surface area contributed by atoms with E-state index in [0.717, 1.165) is 101 Å². The Hall–Kier alpha value is -3.01. The van der Waals surface area contributed by atoms with Crippen LogP contribution in [0.3, 0.4) is 0 Å². The molecule has 0 unspecified atom stereocenters. The number of morpholine rings is 2. The highest BCUT2D eigenvalue weighted by Gasteiger charge is 2.19. The molecule has 2 saturated heterocycles. The van der Waals surface area contributed by atoms with Crippen LogP contribution in [0.1, 0.15) is 28.8 Å². The molecular formula is C32H37ClN4O4. The van der Waals surface area contributed by atoms with Gasteiger partial charge in [-0.3, -0.25) is 19.4 Å². The lowest BCUT2D eigenvalue weighted by Crippen LogP contribution is -2.37. The van der Waals surface area contributed by atoms with Crippen LogP contribution >= 0.6 is 11.6 Å². The lowest BCUT2D eigenvalue weighted by Gasteiger charge is -2.26. The summed E-state index contributed by atoms with van der Waals surface area (Å²) in [6.07, 6.45) is 3.84. The van der Waals surface area contributed by atoms with Gasteiger partial charge in [0.2, 0.25) is 5.91 Å². The molecule has 1 N–H and O–H groups in total. The van der Waals surface area contributed by atoms with Crippen LogP contribution in [0.5, 0.6) is 0 Å². The van der Waals surface area contributed by atoms with Gasteiger partial charge in [-0.2, -0.15) is 0 Å². The summed E-state index contributed by atoms with van der Waals surface area (Å²) in [7, 11) is 0. The number of halogens is 1. The number of ether oxygens (including phenoxy) is 2. The molecule has 0 atom stereocenters. The number of aromatic nitrogens is 1. The Bertz CT molecular complexity index is 1540. The van der Waals surface area contributed by atoms with Gasteiger partial charge < -0.3 is 19.2 Å². The number of hydrogen-bond donors (Lipinski definition) is 1. The molecule has 2 aliphatic rings. The number of hydrogen-bond acceptors (Lipinski definition) is 6. The van der Waals surface area contributed by atoms with Crippen molar-refractivity contribution in [2.24, 2.45) is 0 Å². The standard InChI is InChI=1S/C32H37ClN4O4/c33-27-5-3-23(4-6-27)20-34-30(38)19-26-22-37-28(2-1-7-35-8-12-40-13-9-35)18-25-16-24(17-29(31(25)37)32(26)39)21-36-10-14-41-15-11-36/h3-6,16-18,22H,1-2,7-15,19-21H2,(H,34,38). The fourth-order valence-electron chi connectivity index (χ4n) is 5.97. The van der Waals surface area contributed by atoms with E-state index in [1.165, 1.54) is 5.69 Å². The van der Waals surface area contributed by atoms with Crippen LogP contribution < -0.4 is 10.7 Å². The zero-order valence-electron chi connectivity index (χ0n) is 23.4. The van der Waals surface area contributed by atoms with E-state index in [9.17, 15) is 9.59 Å². The number of carbonyl (C=O) groups is 1. The first-order chi connectivity index (χ1) is 20.0. The maximum atomic E-state index is 13.8. The molecule has 0 aliphatic carbocycles. The van der Waals surface area contributed by atoms with Crippen molar-refractivity contribution in [3.63, 3.8) is 0 Å². The third-order valence-electron chi connectivity index (χ3n) is 8.17. The van der Waals surface area contributed by atoms with Crippen molar-refractivity contribution in [2.75, 3.05) is 59.2 Å². The minimum absolute atomic E-state index is 0.0342. The van der Waals surface area contributed by atoms with Gasteiger partial charge in [-0.1, -0.05) is 23.7 Å². The highest BCUT2D eigenvalue weighted by Crippen LogP contribution is 2.27. The van der Waals surface area contributed by atoms with Crippen LogP contribution in [0.15, 0.2) is 53.5 Å². The van der Waals surface area contributed by atoms with Gasteiger partial charge in [0.25, 0.3) is 0 Å². The van der Waals surface area contributed by atoms with Crippen molar-refractivity contribution in [3.8, 4) is 0 Å². The van der Waals surface area contributed by atoms with E-state index in [2.05, 4.69) is 31.7 Å². The zero-order valence-corrected chi connectivity index (χ0v) is 24.1. The second kappa shape index (κ2) is 12.9. The van der Waals surface area contributed by atoms with E-state index in [0.29, 0.717) is 22.5 Å². The van der Waals surface area contributed by atoms with Gasteiger partial charge in [0, 0.05) is 72.5 Å². The average Bonchev–Trinajstić information content (AvgIpc) is 3.33. The van der Waals surface area contributed by atoms with Crippen molar-refractivity contribution >= 4 is 33.8 Å². The summed E-state index contributed by atoms with van der Waals surface area (Å²) in [5.74, 6) is -0.176. The predicted octanol–water partition coefficient (Wildman–Crippen LogP) is 3.50. The van der Waals surface area contributed by atoms with Gasteiger partial charge in [0.05, 0.1) is 38.4 Å². The second-order valence-corrected chi connectivity index (χ2v) is 11.5. The summed E-state index contributed by atoms with van der Waals surface area (Å²) in [6.45, 7) is 8.95. The number of nitrogens with one attached hydrogen (secondary N) is 1. The molecule has 2 fully saturated rings. The Labute approximate surface area is 245 Å². The minimum Gasteiger partial charge on any atom is -0.379 e. The summed E-state index contributed by atoms with van der Waals surface area (Å²) >= 11 is 5.98. The number of nitrogens with zero attached hydrogens (tertiary/aromatic N) is 3. The first kappa shape index (κ1) is 28.1. The van der Waals surface area contributed by atoms with Gasteiger partial charge in [0.1, 0.15) is 0 Å². The molecule has 0 bridgehead atoms. The minimum atomic E-state index is -0.176. The Morgan fingerprint density at radius 3 is 2.34 bits per heavy atom. The van der Waals surface area contributed by atoms with Crippen molar-refractivity contribution in [1.29, 1.82) is 0 Å². The summed E-state index contributed by atoms with van der Waals surface area (Å²) in [5.41, 5.74) is 4.65. The molecule has 0 saturated carbocycles. The van der Waals surface area contributed by atoms with Crippen LogP contribution in [-0.4, -0.2) is 79.3 Å². The summed E-state index contributed by atoms with van der Waals surface area (Å²) in [6, 6.07) is 13.9. The molecular weight excluding hydrogens is 540 g/mol. The van der Waals surface area contributed by atoms with E-state index in [1.54, 1.807) is 12.1 Å². The van der Waals surface area contributed by atoms with E-state index >= 15 is 0 Å². The van der Waals surface area contributed by atoms with Crippen LogP contribution in [-0.2, 0) is 40.2 Å². The molecule has 4 heterocycles. The zero-order chi connectivity index (χ0) is 28.2. The van der Waals surface area contributed by atoms with Gasteiger partial charge >= 0.3 is 0 Å². The molecule has 0 radical (unpaired) electrons. The molecule has 216 valence electrons. The number of rotatable bonds is 10. The number of pyridine rings is 1. The molecule has 9 heteroatoms. The third-order valence-corrected chi connectivity index (χ3v) is 8.42. The Balaban J connectivity index is 1.27. The van der Waals surface area contributed by atoms with Gasteiger partial charge in [0.15, 0.2) is 5.43 Å². The lowest BCUT2D eigenvalue weighted by atomic mass is 10.0. The predicted molar refractivity (Wildman–Crippen MR) is 161 cm³/mol. The fourth-order valence-corrected chi connectivity index (χ4v) is 6.10. The normalized spacial score (nSPS) is 17.0. The summed E-state index contributed by atoms with van der Waals surface area (Å²) < 4.78 is 13.2. The van der Waals surface area contributed by atoms with E-state index in [4.69, 9.17) is 21.1 Å². The summed E-state index contributed by atoms with van der Waals surface area (Å²) in [5, 5.41) is 5.39. The number of carbonyl (C=O) groups excluding carboxylic acids is 1. The van der Waals surface area contributed by atoms with Gasteiger partial charge in [-0.05, 0) is 60.8 Å². The smallest absolute Gasteiger partial charge is 0.224 e. The Morgan fingerprint density at radius 2 is 1.61 bits per heavy atom. The number of benzene rings is 2.